The Kier molecular flexibility index (Phi) is 6.51. The summed E-state index contributed by atoms with van der Waals surface area (Å²) in [6.45, 7) is 4.83. The first kappa shape index (κ1) is 20.1. The summed E-state index contributed by atoms with van der Waals surface area (Å²) in [4.78, 5) is 31.0. The lowest BCUT2D eigenvalue weighted by atomic mass is 10.2. The van der Waals surface area contributed by atoms with Crippen molar-refractivity contribution in [1.82, 2.24) is 9.88 Å². The number of nitrogens with one attached hydrogen (secondary N) is 1. The highest BCUT2D eigenvalue weighted by atomic mass is 32.1. The lowest BCUT2D eigenvalue weighted by molar-refractivity contribution is -0.120. The van der Waals surface area contributed by atoms with Gasteiger partial charge in [0.2, 0.25) is 5.91 Å². The molecule has 1 aromatic heterocycles. The molecule has 1 fully saturated rings. The number of rotatable bonds is 6. The van der Waals surface area contributed by atoms with Gasteiger partial charge in [0.1, 0.15) is 11.8 Å². The molecule has 0 bridgehead atoms. The number of amides is 2. The highest BCUT2D eigenvalue weighted by Gasteiger charge is 2.35. The van der Waals surface area contributed by atoms with Crippen LogP contribution >= 0.6 is 11.3 Å². The van der Waals surface area contributed by atoms with E-state index in [9.17, 15) is 9.59 Å². The summed E-state index contributed by atoms with van der Waals surface area (Å²) in [5, 5.41) is 5.23. The van der Waals surface area contributed by atoms with Crippen molar-refractivity contribution in [3.63, 3.8) is 0 Å². The number of hydrogen-bond donors (Lipinski definition) is 1. The maximum absolute atomic E-state index is 12.7. The molecular weight excluding hydrogens is 378 g/mol. The summed E-state index contributed by atoms with van der Waals surface area (Å²) in [5.41, 5.74) is 1.68. The Balaban J connectivity index is 1.64. The molecule has 1 aliphatic heterocycles. The number of methoxy groups -OCH3 is 1. The molecule has 0 spiro atoms. The van der Waals surface area contributed by atoms with Gasteiger partial charge in [-0.15, -0.1) is 11.3 Å². The number of thiazole rings is 1. The number of nitrogens with zero attached hydrogens (tertiary/aromatic N) is 2. The highest BCUT2D eigenvalue weighted by molar-refractivity contribution is 7.14. The fourth-order valence-corrected chi connectivity index (χ4v) is 3.74. The maximum Gasteiger partial charge on any atom is 0.410 e. The van der Waals surface area contributed by atoms with Crippen LogP contribution < -0.4 is 10.1 Å². The van der Waals surface area contributed by atoms with Crippen LogP contribution in [0.1, 0.15) is 26.7 Å². The van der Waals surface area contributed by atoms with Gasteiger partial charge in [-0.25, -0.2) is 9.78 Å². The molecule has 1 saturated heterocycles. The summed E-state index contributed by atoms with van der Waals surface area (Å²) >= 11 is 1.35. The summed E-state index contributed by atoms with van der Waals surface area (Å²) in [5.74, 6) is 0.771. The van der Waals surface area contributed by atoms with E-state index in [2.05, 4.69) is 10.3 Å². The van der Waals surface area contributed by atoms with Crippen molar-refractivity contribution in [2.75, 3.05) is 25.6 Å². The molecule has 3 rings (SSSR count). The molecule has 2 amide bonds. The third-order valence-corrected chi connectivity index (χ3v) is 5.19. The van der Waals surface area contributed by atoms with Crippen molar-refractivity contribution in [2.45, 2.75) is 32.7 Å². The van der Waals surface area contributed by atoms with Gasteiger partial charge in [0.15, 0.2) is 5.13 Å². The van der Waals surface area contributed by atoms with Gasteiger partial charge in [0.05, 0.1) is 19.4 Å². The monoisotopic (exact) mass is 403 g/mol. The molecule has 1 aliphatic rings. The zero-order valence-electron chi connectivity index (χ0n) is 16.3. The third-order valence-electron chi connectivity index (χ3n) is 4.43. The number of hydrogen-bond acceptors (Lipinski definition) is 6. The third kappa shape index (κ3) is 4.81. The minimum atomic E-state index is -0.524. The lowest BCUT2D eigenvalue weighted by Crippen LogP contribution is -2.43. The van der Waals surface area contributed by atoms with E-state index >= 15 is 0 Å². The molecule has 0 radical (unpaired) electrons. The van der Waals surface area contributed by atoms with Gasteiger partial charge in [-0.05, 0) is 30.9 Å². The summed E-state index contributed by atoms with van der Waals surface area (Å²) < 4.78 is 10.5. The molecule has 1 N–H and O–H groups in total. The van der Waals surface area contributed by atoms with Crippen molar-refractivity contribution in [3.05, 3.63) is 29.6 Å². The predicted octanol–water partition coefficient (Wildman–Crippen LogP) is 4.01. The van der Waals surface area contributed by atoms with Gasteiger partial charge in [-0.2, -0.15) is 0 Å². The van der Waals surface area contributed by atoms with E-state index in [1.54, 1.807) is 7.11 Å². The topological polar surface area (TPSA) is 80.8 Å². The van der Waals surface area contributed by atoms with Crippen molar-refractivity contribution in [3.8, 4) is 17.0 Å². The molecule has 1 atom stereocenters. The highest BCUT2D eigenvalue weighted by Crippen LogP contribution is 2.28. The molecule has 0 aliphatic carbocycles. The van der Waals surface area contributed by atoms with E-state index in [0.717, 1.165) is 23.4 Å². The van der Waals surface area contributed by atoms with Gasteiger partial charge >= 0.3 is 6.09 Å². The average Bonchev–Trinajstić information content (AvgIpc) is 3.35. The molecule has 28 heavy (non-hydrogen) atoms. The van der Waals surface area contributed by atoms with Crippen molar-refractivity contribution >= 4 is 28.5 Å². The van der Waals surface area contributed by atoms with Crippen LogP contribution in [-0.4, -0.2) is 48.2 Å². The van der Waals surface area contributed by atoms with E-state index in [1.165, 1.54) is 16.2 Å². The summed E-state index contributed by atoms with van der Waals surface area (Å²) in [6.07, 6.45) is 0.973. The SMILES string of the molecule is COc1cccc(-c2csc(NC(=O)C3CCCN3C(=O)OCC(C)C)n2)c1. The van der Waals surface area contributed by atoms with Crippen LogP contribution in [0.3, 0.4) is 0 Å². The smallest absolute Gasteiger partial charge is 0.410 e. The molecule has 8 heteroatoms. The number of likely N-dealkylation sites (tertiary alicyclic amines) is 1. The number of ether oxygens (including phenoxy) is 2. The zero-order valence-corrected chi connectivity index (χ0v) is 17.1. The number of anilines is 1. The Hall–Kier alpha value is -2.61. The van der Waals surface area contributed by atoms with Crippen molar-refractivity contribution < 1.29 is 19.1 Å². The van der Waals surface area contributed by atoms with E-state index in [4.69, 9.17) is 9.47 Å². The van der Waals surface area contributed by atoms with E-state index in [0.29, 0.717) is 24.7 Å². The average molecular weight is 404 g/mol. The van der Waals surface area contributed by atoms with Gasteiger partial charge in [0.25, 0.3) is 0 Å². The molecule has 1 aromatic carbocycles. The number of carbonyl (C=O) groups is 2. The first-order chi connectivity index (χ1) is 13.5. The Morgan fingerprint density at radius 1 is 1.39 bits per heavy atom. The second kappa shape index (κ2) is 9.05. The van der Waals surface area contributed by atoms with Gasteiger partial charge in [0, 0.05) is 17.5 Å². The van der Waals surface area contributed by atoms with Crippen molar-refractivity contribution in [1.29, 1.82) is 0 Å². The molecule has 0 saturated carbocycles. The Morgan fingerprint density at radius 2 is 2.21 bits per heavy atom. The normalized spacial score (nSPS) is 16.3. The summed E-state index contributed by atoms with van der Waals surface area (Å²) in [6, 6.07) is 7.07. The van der Waals surface area contributed by atoms with E-state index in [-0.39, 0.29) is 11.8 Å². The minimum Gasteiger partial charge on any atom is -0.497 e. The Morgan fingerprint density at radius 3 is 2.96 bits per heavy atom. The molecule has 1 unspecified atom stereocenters. The van der Waals surface area contributed by atoms with Crippen LogP contribution in [0.4, 0.5) is 9.93 Å². The number of aromatic nitrogens is 1. The Labute approximate surface area is 168 Å². The van der Waals surface area contributed by atoms with Crippen molar-refractivity contribution in [2.24, 2.45) is 5.92 Å². The number of carbonyl (C=O) groups excluding carboxylic acids is 2. The van der Waals surface area contributed by atoms with Crippen LogP contribution in [0.5, 0.6) is 5.75 Å². The maximum atomic E-state index is 12.7. The van der Waals surface area contributed by atoms with E-state index < -0.39 is 12.1 Å². The Bertz CT molecular complexity index is 836. The molecule has 150 valence electrons. The fraction of sp³-hybridized carbons (Fsp3) is 0.450. The van der Waals surface area contributed by atoms with Crippen LogP contribution in [0, 0.1) is 5.92 Å². The van der Waals surface area contributed by atoms with Crippen LogP contribution in [0.15, 0.2) is 29.6 Å². The fourth-order valence-electron chi connectivity index (χ4n) is 3.01. The quantitative estimate of drug-likeness (QED) is 0.788. The number of benzene rings is 1. The van der Waals surface area contributed by atoms with E-state index in [1.807, 2.05) is 43.5 Å². The molecular formula is C20H25N3O4S. The van der Waals surface area contributed by atoms with Crippen LogP contribution in [0.2, 0.25) is 0 Å². The molecule has 7 nitrogen and oxygen atoms in total. The largest absolute Gasteiger partial charge is 0.497 e. The first-order valence-electron chi connectivity index (χ1n) is 9.32. The predicted molar refractivity (Wildman–Crippen MR) is 109 cm³/mol. The van der Waals surface area contributed by atoms with Gasteiger partial charge < -0.3 is 14.8 Å². The first-order valence-corrected chi connectivity index (χ1v) is 10.2. The zero-order chi connectivity index (χ0) is 20.1. The lowest BCUT2D eigenvalue weighted by Gasteiger charge is -2.23. The van der Waals surface area contributed by atoms with Crippen LogP contribution in [0.25, 0.3) is 11.3 Å². The molecule has 2 aromatic rings. The van der Waals surface area contributed by atoms with Crippen LogP contribution in [-0.2, 0) is 9.53 Å². The van der Waals surface area contributed by atoms with Gasteiger partial charge in [-0.1, -0.05) is 26.0 Å². The standard InChI is InChI=1S/C20H25N3O4S/c1-13(2)11-27-20(25)23-9-5-8-17(23)18(24)22-19-21-16(12-28-19)14-6-4-7-15(10-14)26-3/h4,6-7,10,12-13,17H,5,8-9,11H2,1-3H3,(H,21,22,24). The second-order valence-electron chi connectivity index (χ2n) is 7.08. The second-order valence-corrected chi connectivity index (χ2v) is 7.94. The molecule has 2 heterocycles. The minimum absolute atomic E-state index is 0.231. The van der Waals surface area contributed by atoms with Gasteiger partial charge in [-0.3, -0.25) is 9.69 Å². The summed E-state index contributed by atoms with van der Waals surface area (Å²) in [7, 11) is 1.62.